The number of hydrogen-bond acceptors (Lipinski definition) is 6. The number of carbonyl (C=O) groups is 4. The molecular weight excluding hydrogens is 540 g/mol. The SMILES string of the molecule is Cc1ccc(C(CC(=O)O)NC(=O)c2ccc(N3CCN(C(=O)c4cccs4)CC3)c(NC(=O)C3CCC3)c2)cc1. The summed E-state index contributed by atoms with van der Waals surface area (Å²) in [5.41, 5.74) is 3.40. The van der Waals surface area contributed by atoms with Gasteiger partial charge in [0.05, 0.1) is 28.7 Å². The number of amides is 3. The molecule has 5 rings (SSSR count). The molecule has 0 radical (unpaired) electrons. The lowest BCUT2D eigenvalue weighted by molar-refractivity contribution is -0.137. The van der Waals surface area contributed by atoms with Crippen molar-refractivity contribution in [2.75, 3.05) is 36.4 Å². The molecule has 2 heterocycles. The van der Waals surface area contributed by atoms with E-state index in [0.29, 0.717) is 47.9 Å². The van der Waals surface area contributed by atoms with Crippen LogP contribution in [0.4, 0.5) is 11.4 Å². The summed E-state index contributed by atoms with van der Waals surface area (Å²) < 4.78 is 0. The number of aryl methyl sites for hydroxylation is 1. The van der Waals surface area contributed by atoms with Crippen molar-refractivity contribution in [1.29, 1.82) is 0 Å². The lowest BCUT2D eigenvalue weighted by Gasteiger charge is -2.37. The van der Waals surface area contributed by atoms with Crippen molar-refractivity contribution in [3.63, 3.8) is 0 Å². The number of thiophene rings is 1. The van der Waals surface area contributed by atoms with Gasteiger partial charge in [-0.15, -0.1) is 11.3 Å². The number of carboxylic acid groups (broad SMARTS) is 1. The number of nitrogens with zero attached hydrogens (tertiary/aromatic N) is 2. The minimum Gasteiger partial charge on any atom is -0.481 e. The van der Waals surface area contributed by atoms with Gasteiger partial charge in [0.15, 0.2) is 0 Å². The van der Waals surface area contributed by atoms with Crippen LogP contribution in [0.2, 0.25) is 0 Å². The molecule has 2 aromatic carbocycles. The predicted octanol–water partition coefficient (Wildman–Crippen LogP) is 4.70. The fourth-order valence-electron chi connectivity index (χ4n) is 5.13. The zero-order valence-corrected chi connectivity index (χ0v) is 23.8. The Hall–Kier alpha value is -4.18. The quantitative estimate of drug-likeness (QED) is 0.341. The molecule has 1 aromatic heterocycles. The van der Waals surface area contributed by atoms with Gasteiger partial charge in [0.2, 0.25) is 5.91 Å². The van der Waals surface area contributed by atoms with Crippen LogP contribution in [-0.2, 0) is 9.59 Å². The topological polar surface area (TPSA) is 119 Å². The molecule has 1 atom stereocenters. The van der Waals surface area contributed by atoms with E-state index in [-0.39, 0.29) is 24.2 Å². The number of aliphatic carboxylic acids is 1. The number of carbonyl (C=O) groups excluding carboxylic acids is 3. The largest absolute Gasteiger partial charge is 0.481 e. The van der Waals surface area contributed by atoms with Crippen LogP contribution in [0.15, 0.2) is 60.0 Å². The molecule has 214 valence electrons. The molecule has 3 N–H and O–H groups in total. The molecule has 1 aliphatic heterocycles. The molecule has 1 saturated carbocycles. The fourth-order valence-corrected chi connectivity index (χ4v) is 5.82. The molecule has 1 aliphatic carbocycles. The van der Waals surface area contributed by atoms with E-state index in [9.17, 15) is 24.3 Å². The monoisotopic (exact) mass is 574 g/mol. The first-order valence-electron chi connectivity index (χ1n) is 13.9. The summed E-state index contributed by atoms with van der Waals surface area (Å²) in [6.45, 7) is 4.20. The van der Waals surface area contributed by atoms with Crippen LogP contribution < -0.4 is 15.5 Å². The van der Waals surface area contributed by atoms with Crippen LogP contribution in [-0.4, -0.2) is 59.9 Å². The normalized spacial score (nSPS) is 16.0. The van der Waals surface area contributed by atoms with Crippen molar-refractivity contribution >= 4 is 46.4 Å². The summed E-state index contributed by atoms with van der Waals surface area (Å²) in [5, 5.41) is 17.3. The van der Waals surface area contributed by atoms with Crippen molar-refractivity contribution in [2.45, 2.75) is 38.6 Å². The van der Waals surface area contributed by atoms with Gasteiger partial charge in [-0.05, 0) is 55.0 Å². The van der Waals surface area contributed by atoms with Gasteiger partial charge in [0.1, 0.15) is 0 Å². The third kappa shape index (κ3) is 6.77. The van der Waals surface area contributed by atoms with E-state index in [1.165, 1.54) is 11.3 Å². The lowest BCUT2D eigenvalue weighted by atomic mass is 9.85. The number of rotatable bonds is 9. The highest BCUT2D eigenvalue weighted by molar-refractivity contribution is 7.12. The Balaban J connectivity index is 1.35. The van der Waals surface area contributed by atoms with Crippen LogP contribution in [0.3, 0.4) is 0 Å². The van der Waals surface area contributed by atoms with Crippen LogP contribution in [0.5, 0.6) is 0 Å². The summed E-state index contributed by atoms with van der Waals surface area (Å²) in [6.07, 6.45) is 2.46. The summed E-state index contributed by atoms with van der Waals surface area (Å²) in [6, 6.07) is 15.6. The van der Waals surface area contributed by atoms with Gasteiger partial charge < -0.3 is 25.5 Å². The highest BCUT2D eigenvalue weighted by atomic mass is 32.1. The van der Waals surface area contributed by atoms with Crippen molar-refractivity contribution in [1.82, 2.24) is 10.2 Å². The molecule has 2 fully saturated rings. The summed E-state index contributed by atoms with van der Waals surface area (Å²) in [5.74, 6) is -1.52. The second-order valence-corrected chi connectivity index (χ2v) is 11.6. The van der Waals surface area contributed by atoms with E-state index >= 15 is 0 Å². The zero-order valence-electron chi connectivity index (χ0n) is 23.0. The molecule has 3 aromatic rings. The maximum atomic E-state index is 13.4. The van der Waals surface area contributed by atoms with E-state index in [1.807, 2.05) is 59.7 Å². The molecule has 0 bridgehead atoms. The molecule has 9 nitrogen and oxygen atoms in total. The average Bonchev–Trinajstić information content (AvgIpc) is 3.47. The number of benzene rings is 2. The van der Waals surface area contributed by atoms with Gasteiger partial charge in [0.25, 0.3) is 11.8 Å². The predicted molar refractivity (Wildman–Crippen MR) is 158 cm³/mol. The van der Waals surface area contributed by atoms with E-state index < -0.39 is 17.9 Å². The van der Waals surface area contributed by atoms with Crippen LogP contribution in [0.25, 0.3) is 0 Å². The van der Waals surface area contributed by atoms with Gasteiger partial charge in [-0.3, -0.25) is 19.2 Å². The van der Waals surface area contributed by atoms with Gasteiger partial charge in [0, 0.05) is 37.7 Å². The average molecular weight is 575 g/mol. The van der Waals surface area contributed by atoms with Gasteiger partial charge in [-0.25, -0.2) is 0 Å². The second-order valence-electron chi connectivity index (χ2n) is 10.6. The molecule has 1 unspecified atom stereocenters. The van der Waals surface area contributed by atoms with E-state index in [2.05, 4.69) is 15.5 Å². The molecule has 0 spiro atoms. The highest BCUT2D eigenvalue weighted by Crippen LogP contribution is 2.33. The maximum absolute atomic E-state index is 13.4. The van der Waals surface area contributed by atoms with E-state index in [0.717, 1.165) is 30.5 Å². The van der Waals surface area contributed by atoms with E-state index in [1.54, 1.807) is 12.1 Å². The minimum absolute atomic E-state index is 0.0228. The Kier molecular flexibility index (Phi) is 8.68. The molecule has 10 heteroatoms. The minimum atomic E-state index is -1.02. The van der Waals surface area contributed by atoms with Crippen LogP contribution >= 0.6 is 11.3 Å². The Morgan fingerprint density at radius 2 is 1.73 bits per heavy atom. The van der Waals surface area contributed by atoms with Crippen LogP contribution in [0, 0.1) is 12.8 Å². The zero-order chi connectivity index (χ0) is 28.9. The molecule has 1 saturated heterocycles. The van der Waals surface area contributed by atoms with Gasteiger partial charge in [-0.1, -0.05) is 42.3 Å². The lowest BCUT2D eigenvalue weighted by Crippen LogP contribution is -2.49. The summed E-state index contributed by atoms with van der Waals surface area (Å²) in [7, 11) is 0. The number of anilines is 2. The molecule has 2 aliphatic rings. The standard InChI is InChI=1S/C31H34N4O5S/c1-20-7-9-21(10-8-20)24(19-28(36)37)32-30(39)23-11-12-26(25(18-23)33-29(38)22-4-2-5-22)34-13-15-35(16-14-34)31(40)27-6-3-17-41-27/h3,6-12,17-18,22,24H,2,4-5,13-16,19H2,1H3,(H,32,39)(H,33,38)(H,36,37). The Morgan fingerprint density at radius 1 is 1.00 bits per heavy atom. The van der Waals surface area contributed by atoms with Crippen molar-refractivity contribution < 1.29 is 24.3 Å². The third-order valence-corrected chi connectivity index (χ3v) is 8.65. The molecule has 41 heavy (non-hydrogen) atoms. The first-order chi connectivity index (χ1) is 19.8. The van der Waals surface area contributed by atoms with Crippen LogP contribution in [0.1, 0.15) is 62.9 Å². The van der Waals surface area contributed by atoms with Crippen molar-refractivity contribution in [2.24, 2.45) is 5.92 Å². The van der Waals surface area contributed by atoms with Gasteiger partial charge >= 0.3 is 5.97 Å². The molecule has 3 amide bonds. The number of carboxylic acids is 1. The maximum Gasteiger partial charge on any atom is 0.305 e. The number of piperazine rings is 1. The van der Waals surface area contributed by atoms with Gasteiger partial charge in [-0.2, -0.15) is 0 Å². The number of hydrogen-bond donors (Lipinski definition) is 3. The van der Waals surface area contributed by atoms with Crippen molar-refractivity contribution in [3.05, 3.63) is 81.5 Å². The Morgan fingerprint density at radius 3 is 2.34 bits per heavy atom. The Bertz CT molecular complexity index is 1410. The summed E-state index contributed by atoms with van der Waals surface area (Å²) >= 11 is 1.43. The fraction of sp³-hybridized carbons (Fsp3) is 0.355. The van der Waals surface area contributed by atoms with E-state index in [4.69, 9.17) is 0 Å². The summed E-state index contributed by atoms with van der Waals surface area (Å²) in [4.78, 5) is 55.4. The molecular formula is C31H34N4O5S. The highest BCUT2D eigenvalue weighted by Gasteiger charge is 2.29. The smallest absolute Gasteiger partial charge is 0.305 e. The van der Waals surface area contributed by atoms with Crippen molar-refractivity contribution in [3.8, 4) is 0 Å². The first kappa shape index (κ1) is 28.4. The second kappa shape index (κ2) is 12.6. The third-order valence-electron chi connectivity index (χ3n) is 7.80. The number of nitrogens with one attached hydrogen (secondary N) is 2. The Labute approximate surface area is 243 Å². The first-order valence-corrected chi connectivity index (χ1v) is 14.8.